The molecule has 1 heterocycles. The summed E-state index contributed by atoms with van der Waals surface area (Å²) in [5, 5.41) is 0. The van der Waals surface area contributed by atoms with Gasteiger partial charge in [0.1, 0.15) is 5.82 Å². The van der Waals surface area contributed by atoms with Crippen LogP contribution in [0.3, 0.4) is 0 Å². The Morgan fingerprint density at radius 1 is 1.35 bits per heavy atom. The Balaban J connectivity index is 1.92. The molecule has 0 N–H and O–H groups in total. The lowest BCUT2D eigenvalue weighted by molar-refractivity contribution is 0.0123. The van der Waals surface area contributed by atoms with E-state index in [1.54, 1.807) is 11.0 Å². The summed E-state index contributed by atoms with van der Waals surface area (Å²) < 4.78 is 39.7. The fourth-order valence-corrected chi connectivity index (χ4v) is 2.46. The van der Waals surface area contributed by atoms with Gasteiger partial charge in [0.25, 0.3) is 5.92 Å². The Morgan fingerprint density at radius 3 is 2.76 bits per heavy atom. The molecule has 1 saturated heterocycles. The molecule has 0 saturated carbocycles. The van der Waals surface area contributed by atoms with Gasteiger partial charge < -0.3 is 0 Å². The van der Waals surface area contributed by atoms with Gasteiger partial charge in [0, 0.05) is 24.0 Å². The third-order valence-electron chi connectivity index (χ3n) is 2.95. The number of likely N-dealkylation sites (tertiary alicyclic amines) is 1. The Labute approximate surface area is 107 Å². The Kier molecular flexibility index (Phi) is 3.78. The first kappa shape index (κ1) is 12.9. The van der Waals surface area contributed by atoms with E-state index in [9.17, 15) is 13.2 Å². The number of hydrogen-bond acceptors (Lipinski definition) is 1. The summed E-state index contributed by atoms with van der Waals surface area (Å²) in [6.45, 7) is 0.775. The van der Waals surface area contributed by atoms with Crippen LogP contribution in [0, 0.1) is 5.82 Å². The van der Waals surface area contributed by atoms with Crippen LogP contribution >= 0.6 is 15.9 Å². The van der Waals surface area contributed by atoms with Crippen LogP contribution < -0.4 is 0 Å². The second-order valence-electron chi connectivity index (χ2n) is 4.37. The fraction of sp³-hybridized carbons (Fsp3) is 0.500. The first-order valence-electron chi connectivity index (χ1n) is 5.50. The van der Waals surface area contributed by atoms with Gasteiger partial charge in [-0.25, -0.2) is 13.2 Å². The van der Waals surface area contributed by atoms with Crippen molar-refractivity contribution in [3.8, 4) is 0 Å². The maximum absolute atomic E-state index is 13.0. The summed E-state index contributed by atoms with van der Waals surface area (Å²) in [5.74, 6) is -2.85. The van der Waals surface area contributed by atoms with Gasteiger partial charge in [-0.3, -0.25) is 4.90 Å². The molecule has 5 heteroatoms. The van der Waals surface area contributed by atoms with Crippen molar-refractivity contribution in [2.75, 3.05) is 19.6 Å². The molecule has 94 valence electrons. The summed E-state index contributed by atoms with van der Waals surface area (Å²) in [6, 6.07) is 4.46. The summed E-state index contributed by atoms with van der Waals surface area (Å²) in [4.78, 5) is 1.72. The van der Waals surface area contributed by atoms with Crippen molar-refractivity contribution in [1.29, 1.82) is 0 Å². The van der Waals surface area contributed by atoms with Crippen LogP contribution in [-0.4, -0.2) is 30.5 Å². The molecule has 1 aromatic rings. The van der Waals surface area contributed by atoms with E-state index >= 15 is 0 Å². The molecule has 0 unspecified atom stereocenters. The predicted octanol–water partition coefficient (Wildman–Crippen LogP) is 3.47. The summed E-state index contributed by atoms with van der Waals surface area (Å²) in [5.41, 5.74) is 0.820. The second-order valence-corrected chi connectivity index (χ2v) is 5.22. The molecule has 2 rings (SSSR count). The van der Waals surface area contributed by atoms with E-state index in [4.69, 9.17) is 0 Å². The fourth-order valence-electron chi connectivity index (χ4n) is 2.01. The average Bonchev–Trinajstić information content (AvgIpc) is 2.60. The van der Waals surface area contributed by atoms with Crippen LogP contribution in [0.25, 0.3) is 0 Å². The molecule has 0 bridgehead atoms. The minimum absolute atomic E-state index is 0.0721. The molecule has 0 aliphatic carbocycles. The van der Waals surface area contributed by atoms with Crippen molar-refractivity contribution in [2.24, 2.45) is 0 Å². The maximum Gasteiger partial charge on any atom is 0.261 e. The Bertz CT molecular complexity index is 409. The van der Waals surface area contributed by atoms with Gasteiger partial charge in [0.15, 0.2) is 0 Å². The van der Waals surface area contributed by atoms with E-state index in [1.165, 1.54) is 12.1 Å². The van der Waals surface area contributed by atoms with Crippen LogP contribution in [0.15, 0.2) is 22.7 Å². The minimum atomic E-state index is -2.56. The molecule has 0 radical (unpaired) electrons. The SMILES string of the molecule is Fc1ccc(Br)c(CCN2CCC(F)(F)C2)c1. The highest BCUT2D eigenvalue weighted by Gasteiger charge is 2.37. The monoisotopic (exact) mass is 307 g/mol. The zero-order valence-corrected chi connectivity index (χ0v) is 10.8. The van der Waals surface area contributed by atoms with Crippen LogP contribution in [-0.2, 0) is 6.42 Å². The highest BCUT2D eigenvalue weighted by molar-refractivity contribution is 9.10. The number of rotatable bonds is 3. The molecule has 0 atom stereocenters. The Hall–Kier alpha value is -0.550. The number of benzene rings is 1. The van der Waals surface area contributed by atoms with Crippen LogP contribution in [0.2, 0.25) is 0 Å². The first-order valence-corrected chi connectivity index (χ1v) is 6.30. The van der Waals surface area contributed by atoms with E-state index in [0.29, 0.717) is 19.5 Å². The molecule has 1 aliphatic heterocycles. The molecule has 17 heavy (non-hydrogen) atoms. The zero-order chi connectivity index (χ0) is 12.5. The van der Waals surface area contributed by atoms with Gasteiger partial charge in [-0.05, 0) is 30.2 Å². The number of alkyl halides is 2. The highest BCUT2D eigenvalue weighted by atomic mass is 79.9. The van der Waals surface area contributed by atoms with Crippen molar-refractivity contribution in [1.82, 2.24) is 4.90 Å². The van der Waals surface area contributed by atoms with Crippen molar-refractivity contribution >= 4 is 15.9 Å². The van der Waals surface area contributed by atoms with E-state index in [1.807, 2.05) is 0 Å². The Morgan fingerprint density at radius 2 is 2.12 bits per heavy atom. The minimum Gasteiger partial charge on any atom is -0.297 e. The molecular formula is C12H13BrF3N. The molecule has 1 aromatic carbocycles. The third-order valence-corrected chi connectivity index (χ3v) is 3.73. The smallest absolute Gasteiger partial charge is 0.261 e. The summed E-state index contributed by atoms with van der Waals surface area (Å²) >= 11 is 3.33. The zero-order valence-electron chi connectivity index (χ0n) is 9.23. The molecule has 0 spiro atoms. The molecule has 1 nitrogen and oxygen atoms in total. The van der Waals surface area contributed by atoms with Crippen LogP contribution in [0.5, 0.6) is 0 Å². The quantitative estimate of drug-likeness (QED) is 0.826. The molecular weight excluding hydrogens is 295 g/mol. The van der Waals surface area contributed by atoms with E-state index < -0.39 is 5.92 Å². The van der Waals surface area contributed by atoms with E-state index in [0.717, 1.165) is 10.0 Å². The molecule has 1 fully saturated rings. The van der Waals surface area contributed by atoms with Crippen LogP contribution in [0.4, 0.5) is 13.2 Å². The van der Waals surface area contributed by atoms with Crippen LogP contribution in [0.1, 0.15) is 12.0 Å². The highest BCUT2D eigenvalue weighted by Crippen LogP contribution is 2.27. The molecule has 1 aliphatic rings. The van der Waals surface area contributed by atoms with Gasteiger partial charge in [-0.1, -0.05) is 15.9 Å². The lowest BCUT2D eigenvalue weighted by Crippen LogP contribution is -2.27. The maximum atomic E-state index is 13.0. The predicted molar refractivity (Wildman–Crippen MR) is 63.8 cm³/mol. The van der Waals surface area contributed by atoms with Gasteiger partial charge in [0.2, 0.25) is 0 Å². The summed E-state index contributed by atoms with van der Waals surface area (Å²) in [6.07, 6.45) is 0.506. The topological polar surface area (TPSA) is 3.24 Å². The van der Waals surface area contributed by atoms with Crippen molar-refractivity contribution in [2.45, 2.75) is 18.8 Å². The molecule has 0 amide bonds. The number of nitrogens with zero attached hydrogens (tertiary/aromatic N) is 1. The third kappa shape index (κ3) is 3.45. The first-order chi connectivity index (χ1) is 7.96. The van der Waals surface area contributed by atoms with Crippen molar-refractivity contribution in [3.63, 3.8) is 0 Å². The standard InChI is InChI=1S/C12H13BrF3N/c13-11-2-1-10(14)7-9(11)3-5-17-6-4-12(15,16)8-17/h1-2,7H,3-6,8H2. The van der Waals surface area contributed by atoms with E-state index in [2.05, 4.69) is 15.9 Å². The lowest BCUT2D eigenvalue weighted by Gasteiger charge is -2.15. The van der Waals surface area contributed by atoms with Gasteiger partial charge >= 0.3 is 0 Å². The summed E-state index contributed by atoms with van der Waals surface area (Å²) in [7, 11) is 0. The molecule has 0 aromatic heterocycles. The number of hydrogen-bond donors (Lipinski definition) is 0. The lowest BCUT2D eigenvalue weighted by atomic mass is 10.1. The average molecular weight is 308 g/mol. The van der Waals surface area contributed by atoms with Gasteiger partial charge in [-0.2, -0.15) is 0 Å². The normalized spacial score (nSPS) is 19.8. The largest absolute Gasteiger partial charge is 0.297 e. The van der Waals surface area contributed by atoms with Crippen molar-refractivity contribution < 1.29 is 13.2 Å². The van der Waals surface area contributed by atoms with E-state index in [-0.39, 0.29) is 18.8 Å². The number of halogens is 4. The second kappa shape index (κ2) is 4.98. The van der Waals surface area contributed by atoms with Gasteiger partial charge in [-0.15, -0.1) is 0 Å². The van der Waals surface area contributed by atoms with Crippen molar-refractivity contribution in [3.05, 3.63) is 34.1 Å². The van der Waals surface area contributed by atoms with Gasteiger partial charge in [0.05, 0.1) is 6.54 Å².